The fourth-order valence-corrected chi connectivity index (χ4v) is 3.39. The van der Waals surface area contributed by atoms with Crippen molar-refractivity contribution in [3.05, 3.63) is 0 Å². The smallest absolute Gasteiger partial charge is 0.222 e. The summed E-state index contributed by atoms with van der Waals surface area (Å²) >= 11 is 0. The summed E-state index contributed by atoms with van der Waals surface area (Å²) in [6, 6.07) is 0.823. The van der Waals surface area contributed by atoms with Crippen LogP contribution in [0.15, 0.2) is 0 Å². The summed E-state index contributed by atoms with van der Waals surface area (Å²) in [6.45, 7) is 2.19. The lowest BCUT2D eigenvalue weighted by Crippen LogP contribution is -2.44. The average molecular weight is 268 g/mol. The monoisotopic (exact) mass is 268 g/mol. The molecular weight excluding hydrogens is 240 g/mol. The minimum absolute atomic E-state index is 0.193. The van der Waals surface area contributed by atoms with E-state index in [1.807, 2.05) is 4.90 Å². The van der Waals surface area contributed by atoms with E-state index in [-0.39, 0.29) is 12.6 Å². The summed E-state index contributed by atoms with van der Waals surface area (Å²) < 4.78 is 0. The van der Waals surface area contributed by atoms with Gasteiger partial charge in [-0.05, 0) is 51.5 Å². The van der Waals surface area contributed by atoms with Gasteiger partial charge in [-0.3, -0.25) is 4.79 Å². The standard InChI is InChI=1S/C15H28N2O2/c18-12-9-14-6-2-4-11-17(14)15(19)8-7-13-5-1-3-10-16-13/h13-14,16,18H,1-12H2. The van der Waals surface area contributed by atoms with Crippen molar-refractivity contribution in [2.45, 2.75) is 69.9 Å². The first-order chi connectivity index (χ1) is 9.31. The molecule has 2 saturated heterocycles. The van der Waals surface area contributed by atoms with Gasteiger partial charge in [-0.25, -0.2) is 0 Å². The lowest BCUT2D eigenvalue weighted by molar-refractivity contribution is -0.135. The van der Waals surface area contributed by atoms with E-state index in [0.717, 1.165) is 38.8 Å². The number of rotatable bonds is 5. The normalized spacial score (nSPS) is 28.4. The molecule has 2 aliphatic rings. The van der Waals surface area contributed by atoms with E-state index in [2.05, 4.69) is 5.32 Å². The second-order valence-electron chi connectivity index (χ2n) is 5.93. The van der Waals surface area contributed by atoms with E-state index in [1.54, 1.807) is 0 Å². The SMILES string of the molecule is O=C(CCC1CCCCN1)N1CCCCC1CCO. The van der Waals surface area contributed by atoms with Crippen molar-refractivity contribution < 1.29 is 9.90 Å². The number of amides is 1. The molecule has 0 aromatic rings. The highest BCUT2D eigenvalue weighted by Gasteiger charge is 2.26. The van der Waals surface area contributed by atoms with Gasteiger partial charge < -0.3 is 15.3 Å². The Morgan fingerprint density at radius 1 is 1.16 bits per heavy atom. The summed E-state index contributed by atoms with van der Waals surface area (Å²) in [6.07, 6.45) is 9.54. The third-order valence-electron chi connectivity index (χ3n) is 4.53. The molecule has 2 unspecified atom stereocenters. The number of carbonyl (C=O) groups is 1. The number of likely N-dealkylation sites (tertiary alicyclic amines) is 1. The number of nitrogens with zero attached hydrogens (tertiary/aromatic N) is 1. The van der Waals surface area contributed by atoms with Gasteiger partial charge >= 0.3 is 0 Å². The predicted octanol–water partition coefficient (Wildman–Crippen LogP) is 1.67. The molecular formula is C15H28N2O2. The van der Waals surface area contributed by atoms with Crippen molar-refractivity contribution in [3.8, 4) is 0 Å². The quantitative estimate of drug-likeness (QED) is 0.797. The summed E-state index contributed by atoms with van der Waals surface area (Å²) in [4.78, 5) is 14.4. The average Bonchev–Trinajstić information content (AvgIpc) is 2.47. The van der Waals surface area contributed by atoms with Crippen molar-refractivity contribution in [1.82, 2.24) is 10.2 Å². The molecule has 110 valence electrons. The van der Waals surface area contributed by atoms with Crippen molar-refractivity contribution >= 4 is 5.91 Å². The third-order valence-corrected chi connectivity index (χ3v) is 4.53. The molecule has 0 aliphatic carbocycles. The van der Waals surface area contributed by atoms with Gasteiger partial charge in [0.1, 0.15) is 0 Å². The Balaban J connectivity index is 1.76. The molecule has 2 N–H and O–H groups in total. The van der Waals surface area contributed by atoms with Crippen molar-refractivity contribution in [3.63, 3.8) is 0 Å². The van der Waals surface area contributed by atoms with Gasteiger partial charge in [-0.2, -0.15) is 0 Å². The molecule has 19 heavy (non-hydrogen) atoms. The highest BCUT2D eigenvalue weighted by molar-refractivity contribution is 5.76. The molecule has 0 radical (unpaired) electrons. The molecule has 2 aliphatic heterocycles. The Kier molecular flexibility index (Phi) is 6.11. The first-order valence-corrected chi connectivity index (χ1v) is 7.95. The number of hydrogen-bond acceptors (Lipinski definition) is 3. The maximum absolute atomic E-state index is 12.3. The minimum Gasteiger partial charge on any atom is -0.396 e. The van der Waals surface area contributed by atoms with Crippen LogP contribution in [0.5, 0.6) is 0 Å². The highest BCUT2D eigenvalue weighted by Crippen LogP contribution is 2.21. The Labute approximate surface area is 116 Å². The van der Waals surface area contributed by atoms with Crippen LogP contribution >= 0.6 is 0 Å². The van der Waals surface area contributed by atoms with Gasteiger partial charge in [0, 0.05) is 31.7 Å². The third kappa shape index (κ3) is 4.46. The molecule has 0 spiro atoms. The number of hydrogen-bond donors (Lipinski definition) is 2. The lowest BCUT2D eigenvalue weighted by Gasteiger charge is -2.36. The zero-order chi connectivity index (χ0) is 13.5. The zero-order valence-electron chi connectivity index (χ0n) is 11.9. The van der Waals surface area contributed by atoms with E-state index in [4.69, 9.17) is 5.11 Å². The minimum atomic E-state index is 0.193. The molecule has 2 heterocycles. The van der Waals surface area contributed by atoms with Crippen LogP contribution in [-0.2, 0) is 4.79 Å². The summed E-state index contributed by atoms with van der Waals surface area (Å²) in [7, 11) is 0. The van der Waals surface area contributed by atoms with E-state index in [1.165, 1.54) is 25.7 Å². The van der Waals surface area contributed by atoms with Crippen LogP contribution in [0, 0.1) is 0 Å². The topological polar surface area (TPSA) is 52.6 Å². The van der Waals surface area contributed by atoms with Crippen LogP contribution in [-0.4, -0.2) is 47.7 Å². The number of carbonyl (C=O) groups excluding carboxylic acids is 1. The predicted molar refractivity (Wildman–Crippen MR) is 75.9 cm³/mol. The highest BCUT2D eigenvalue weighted by atomic mass is 16.3. The summed E-state index contributed by atoms with van der Waals surface area (Å²) in [5, 5.41) is 12.6. The largest absolute Gasteiger partial charge is 0.396 e. The Morgan fingerprint density at radius 3 is 2.74 bits per heavy atom. The van der Waals surface area contributed by atoms with E-state index in [9.17, 15) is 4.79 Å². The first kappa shape index (κ1) is 14.8. The molecule has 0 aromatic carbocycles. The van der Waals surface area contributed by atoms with Crippen LogP contribution in [0.3, 0.4) is 0 Å². The Morgan fingerprint density at radius 2 is 2.00 bits per heavy atom. The molecule has 1 amide bonds. The fourth-order valence-electron chi connectivity index (χ4n) is 3.39. The van der Waals surface area contributed by atoms with E-state index in [0.29, 0.717) is 18.4 Å². The first-order valence-electron chi connectivity index (χ1n) is 7.95. The van der Waals surface area contributed by atoms with Crippen LogP contribution in [0.4, 0.5) is 0 Å². The molecule has 4 heteroatoms. The summed E-state index contributed by atoms with van der Waals surface area (Å²) in [5.41, 5.74) is 0. The van der Waals surface area contributed by atoms with Gasteiger partial charge in [-0.15, -0.1) is 0 Å². The van der Waals surface area contributed by atoms with Crippen LogP contribution in [0.25, 0.3) is 0 Å². The van der Waals surface area contributed by atoms with Crippen LogP contribution in [0.1, 0.15) is 57.8 Å². The number of piperidine rings is 2. The molecule has 0 aromatic heterocycles. The molecule has 2 fully saturated rings. The number of nitrogens with one attached hydrogen (secondary N) is 1. The molecule has 2 atom stereocenters. The van der Waals surface area contributed by atoms with E-state index >= 15 is 0 Å². The van der Waals surface area contributed by atoms with Gasteiger partial charge in [-0.1, -0.05) is 6.42 Å². The van der Waals surface area contributed by atoms with Crippen molar-refractivity contribution in [1.29, 1.82) is 0 Å². The van der Waals surface area contributed by atoms with Crippen molar-refractivity contribution in [2.75, 3.05) is 19.7 Å². The maximum Gasteiger partial charge on any atom is 0.222 e. The van der Waals surface area contributed by atoms with Crippen LogP contribution in [0.2, 0.25) is 0 Å². The molecule has 0 bridgehead atoms. The summed E-state index contributed by atoms with van der Waals surface area (Å²) in [5.74, 6) is 0.297. The number of aliphatic hydroxyl groups is 1. The van der Waals surface area contributed by atoms with Gasteiger partial charge in [0.25, 0.3) is 0 Å². The van der Waals surface area contributed by atoms with Gasteiger partial charge in [0.15, 0.2) is 0 Å². The second kappa shape index (κ2) is 7.85. The zero-order valence-corrected chi connectivity index (χ0v) is 11.9. The Bertz CT molecular complexity index is 275. The number of aliphatic hydroxyl groups excluding tert-OH is 1. The Hall–Kier alpha value is -0.610. The van der Waals surface area contributed by atoms with Crippen LogP contribution < -0.4 is 5.32 Å². The molecule has 2 rings (SSSR count). The molecule has 0 saturated carbocycles. The van der Waals surface area contributed by atoms with Gasteiger partial charge in [0.2, 0.25) is 5.91 Å². The maximum atomic E-state index is 12.3. The van der Waals surface area contributed by atoms with Gasteiger partial charge in [0.05, 0.1) is 0 Å². The van der Waals surface area contributed by atoms with E-state index < -0.39 is 0 Å². The molecule has 4 nitrogen and oxygen atoms in total. The fraction of sp³-hybridized carbons (Fsp3) is 0.933. The lowest BCUT2D eigenvalue weighted by atomic mass is 9.97. The van der Waals surface area contributed by atoms with Crippen molar-refractivity contribution in [2.24, 2.45) is 0 Å². The second-order valence-corrected chi connectivity index (χ2v) is 5.93.